The molecule has 1 saturated carbocycles. The summed E-state index contributed by atoms with van der Waals surface area (Å²) in [7, 11) is 0. The SMILES string of the molecule is CC1CCCCCC1NCC1CCOCC1. The third kappa shape index (κ3) is 3.74. The summed E-state index contributed by atoms with van der Waals surface area (Å²) < 4.78 is 5.40. The van der Waals surface area contributed by atoms with Crippen molar-refractivity contribution in [3.8, 4) is 0 Å². The Balaban J connectivity index is 1.70. The van der Waals surface area contributed by atoms with Crippen LogP contribution in [-0.4, -0.2) is 25.8 Å². The number of hydrogen-bond donors (Lipinski definition) is 1. The van der Waals surface area contributed by atoms with E-state index >= 15 is 0 Å². The van der Waals surface area contributed by atoms with Gasteiger partial charge in [0.2, 0.25) is 0 Å². The molecule has 1 heterocycles. The summed E-state index contributed by atoms with van der Waals surface area (Å²) in [5.41, 5.74) is 0. The average Bonchev–Trinajstić information content (AvgIpc) is 2.53. The first-order chi connectivity index (χ1) is 7.86. The Morgan fingerprint density at radius 2 is 1.75 bits per heavy atom. The fourth-order valence-electron chi connectivity index (χ4n) is 3.06. The summed E-state index contributed by atoms with van der Waals surface area (Å²) in [4.78, 5) is 0. The lowest BCUT2D eigenvalue weighted by molar-refractivity contribution is 0.0647. The maximum absolute atomic E-state index is 5.40. The molecule has 0 bridgehead atoms. The normalized spacial score (nSPS) is 33.6. The van der Waals surface area contributed by atoms with Crippen molar-refractivity contribution in [1.29, 1.82) is 0 Å². The Kier molecular flexibility index (Phi) is 5.11. The second-order valence-electron chi connectivity index (χ2n) is 5.69. The molecule has 2 fully saturated rings. The zero-order valence-electron chi connectivity index (χ0n) is 10.7. The molecular formula is C14H27NO. The van der Waals surface area contributed by atoms with E-state index in [9.17, 15) is 0 Å². The summed E-state index contributed by atoms with van der Waals surface area (Å²) in [6.07, 6.45) is 9.64. The molecule has 0 aromatic rings. The molecule has 2 rings (SSSR count). The molecule has 0 spiro atoms. The minimum absolute atomic E-state index is 0.783. The van der Waals surface area contributed by atoms with E-state index < -0.39 is 0 Å². The molecule has 2 nitrogen and oxygen atoms in total. The van der Waals surface area contributed by atoms with E-state index in [2.05, 4.69) is 12.2 Å². The fraction of sp³-hybridized carbons (Fsp3) is 1.00. The lowest BCUT2D eigenvalue weighted by Gasteiger charge is -2.28. The molecule has 94 valence electrons. The monoisotopic (exact) mass is 225 g/mol. The Morgan fingerprint density at radius 3 is 2.56 bits per heavy atom. The largest absolute Gasteiger partial charge is 0.381 e. The van der Waals surface area contributed by atoms with Gasteiger partial charge in [-0.25, -0.2) is 0 Å². The van der Waals surface area contributed by atoms with E-state index in [1.54, 1.807) is 0 Å². The van der Waals surface area contributed by atoms with E-state index in [0.29, 0.717) is 0 Å². The van der Waals surface area contributed by atoms with Crippen LogP contribution >= 0.6 is 0 Å². The van der Waals surface area contributed by atoms with Crippen LogP contribution in [0.15, 0.2) is 0 Å². The van der Waals surface area contributed by atoms with Gasteiger partial charge in [0, 0.05) is 19.3 Å². The minimum Gasteiger partial charge on any atom is -0.381 e. The predicted octanol–water partition coefficient (Wildman–Crippen LogP) is 2.97. The van der Waals surface area contributed by atoms with Crippen LogP contribution in [0.25, 0.3) is 0 Å². The van der Waals surface area contributed by atoms with E-state index in [-0.39, 0.29) is 0 Å². The highest BCUT2D eigenvalue weighted by Gasteiger charge is 2.21. The van der Waals surface area contributed by atoms with Crippen molar-refractivity contribution in [2.45, 2.75) is 57.9 Å². The Labute approximate surface area is 100 Å². The second kappa shape index (κ2) is 6.61. The molecule has 2 atom stereocenters. The third-order valence-corrected chi connectivity index (χ3v) is 4.37. The van der Waals surface area contributed by atoms with Gasteiger partial charge in [-0.2, -0.15) is 0 Å². The van der Waals surface area contributed by atoms with E-state index in [1.165, 1.54) is 51.5 Å². The number of hydrogen-bond acceptors (Lipinski definition) is 2. The van der Waals surface area contributed by atoms with Gasteiger partial charge in [-0.1, -0.05) is 26.2 Å². The lowest BCUT2D eigenvalue weighted by atomic mass is 9.95. The van der Waals surface area contributed by atoms with Crippen LogP contribution in [0, 0.1) is 11.8 Å². The number of ether oxygens (including phenoxy) is 1. The maximum atomic E-state index is 5.40. The first kappa shape index (κ1) is 12.4. The average molecular weight is 225 g/mol. The third-order valence-electron chi connectivity index (χ3n) is 4.37. The molecule has 1 aliphatic heterocycles. The van der Waals surface area contributed by atoms with Crippen molar-refractivity contribution >= 4 is 0 Å². The van der Waals surface area contributed by atoms with Crippen LogP contribution in [0.1, 0.15) is 51.9 Å². The quantitative estimate of drug-likeness (QED) is 0.746. The Hall–Kier alpha value is -0.0800. The molecule has 0 aromatic heterocycles. The number of rotatable bonds is 3. The van der Waals surface area contributed by atoms with Crippen LogP contribution < -0.4 is 5.32 Å². The molecule has 1 aliphatic carbocycles. The molecule has 0 amide bonds. The van der Waals surface area contributed by atoms with Gasteiger partial charge in [-0.05, 0) is 44.1 Å². The molecular weight excluding hydrogens is 198 g/mol. The summed E-state index contributed by atoms with van der Waals surface area (Å²) >= 11 is 0. The van der Waals surface area contributed by atoms with Gasteiger partial charge in [0.15, 0.2) is 0 Å². The highest BCUT2D eigenvalue weighted by molar-refractivity contribution is 4.78. The lowest BCUT2D eigenvalue weighted by Crippen LogP contribution is -2.38. The van der Waals surface area contributed by atoms with E-state index in [4.69, 9.17) is 4.74 Å². The van der Waals surface area contributed by atoms with Crippen LogP contribution in [0.5, 0.6) is 0 Å². The van der Waals surface area contributed by atoms with Gasteiger partial charge >= 0.3 is 0 Å². The van der Waals surface area contributed by atoms with Crippen LogP contribution in [0.2, 0.25) is 0 Å². The van der Waals surface area contributed by atoms with Gasteiger partial charge in [0.25, 0.3) is 0 Å². The summed E-state index contributed by atoms with van der Waals surface area (Å²) in [5.74, 6) is 1.74. The summed E-state index contributed by atoms with van der Waals surface area (Å²) in [6.45, 7) is 5.60. The van der Waals surface area contributed by atoms with Crippen molar-refractivity contribution in [3.63, 3.8) is 0 Å². The van der Waals surface area contributed by atoms with Gasteiger partial charge < -0.3 is 10.1 Å². The zero-order chi connectivity index (χ0) is 11.2. The van der Waals surface area contributed by atoms with Crippen molar-refractivity contribution in [3.05, 3.63) is 0 Å². The van der Waals surface area contributed by atoms with Crippen molar-refractivity contribution in [1.82, 2.24) is 5.32 Å². The van der Waals surface area contributed by atoms with Gasteiger partial charge in [-0.15, -0.1) is 0 Å². The molecule has 1 saturated heterocycles. The van der Waals surface area contributed by atoms with Crippen molar-refractivity contribution in [2.75, 3.05) is 19.8 Å². The highest BCUT2D eigenvalue weighted by atomic mass is 16.5. The van der Waals surface area contributed by atoms with Crippen LogP contribution in [0.3, 0.4) is 0 Å². The molecule has 0 radical (unpaired) electrons. The number of nitrogens with one attached hydrogen (secondary N) is 1. The molecule has 16 heavy (non-hydrogen) atoms. The molecule has 1 N–H and O–H groups in total. The van der Waals surface area contributed by atoms with Crippen LogP contribution in [-0.2, 0) is 4.74 Å². The molecule has 2 unspecified atom stereocenters. The smallest absolute Gasteiger partial charge is 0.0469 e. The topological polar surface area (TPSA) is 21.3 Å². The first-order valence-electron chi connectivity index (χ1n) is 7.17. The van der Waals surface area contributed by atoms with Crippen molar-refractivity contribution < 1.29 is 4.74 Å². The van der Waals surface area contributed by atoms with Gasteiger partial charge in [0.05, 0.1) is 0 Å². The summed E-state index contributed by atoms with van der Waals surface area (Å²) in [6, 6.07) is 0.783. The minimum atomic E-state index is 0.783. The first-order valence-corrected chi connectivity index (χ1v) is 7.17. The fourth-order valence-corrected chi connectivity index (χ4v) is 3.06. The Bertz CT molecular complexity index is 189. The predicted molar refractivity (Wildman–Crippen MR) is 67.6 cm³/mol. The second-order valence-corrected chi connectivity index (χ2v) is 5.69. The van der Waals surface area contributed by atoms with E-state index in [1.807, 2.05) is 0 Å². The standard InChI is InChI=1S/C14H27NO/c1-12-5-3-2-4-6-14(12)15-11-13-7-9-16-10-8-13/h12-15H,2-11H2,1H3. The van der Waals surface area contributed by atoms with Crippen LogP contribution in [0.4, 0.5) is 0 Å². The highest BCUT2D eigenvalue weighted by Crippen LogP contribution is 2.23. The molecule has 2 aliphatic rings. The van der Waals surface area contributed by atoms with Gasteiger partial charge in [-0.3, -0.25) is 0 Å². The van der Waals surface area contributed by atoms with Gasteiger partial charge in [0.1, 0.15) is 0 Å². The molecule has 2 heteroatoms. The molecule has 0 aromatic carbocycles. The van der Waals surface area contributed by atoms with Crippen molar-refractivity contribution in [2.24, 2.45) is 11.8 Å². The zero-order valence-corrected chi connectivity index (χ0v) is 10.7. The Morgan fingerprint density at radius 1 is 1.00 bits per heavy atom. The maximum Gasteiger partial charge on any atom is 0.0469 e. The summed E-state index contributed by atoms with van der Waals surface area (Å²) in [5, 5.41) is 3.83. The van der Waals surface area contributed by atoms with E-state index in [0.717, 1.165) is 31.1 Å².